The maximum absolute atomic E-state index is 12.6. The van der Waals surface area contributed by atoms with E-state index < -0.39 is 14.7 Å². The molecule has 0 aliphatic rings. The van der Waals surface area contributed by atoms with E-state index in [-0.39, 0.29) is 4.90 Å². The average molecular weight is 364 g/mol. The third kappa shape index (κ3) is 3.53. The summed E-state index contributed by atoms with van der Waals surface area (Å²) in [7, 11) is -1.05. The van der Waals surface area contributed by atoms with Crippen LogP contribution in [0.15, 0.2) is 52.3 Å². The van der Waals surface area contributed by atoms with Gasteiger partial charge in [-0.2, -0.15) is 5.26 Å². The Hall–Kier alpha value is -2.49. The molecule has 2 aromatic carbocycles. The lowest BCUT2D eigenvalue weighted by Gasteiger charge is -2.10. The van der Waals surface area contributed by atoms with Gasteiger partial charge in [0, 0.05) is 10.6 Å². The minimum atomic E-state index is -3.97. The van der Waals surface area contributed by atoms with Crippen LogP contribution in [0.5, 0.6) is 11.5 Å². The van der Waals surface area contributed by atoms with Crippen LogP contribution < -0.4 is 9.47 Å². The van der Waals surface area contributed by atoms with E-state index in [2.05, 4.69) is 0 Å². The van der Waals surface area contributed by atoms with Gasteiger partial charge in [-0.1, -0.05) is 23.7 Å². The summed E-state index contributed by atoms with van der Waals surface area (Å²) < 4.78 is 35.7. The molecule has 0 saturated carbocycles. The Labute approximate surface area is 145 Å². The Bertz CT molecular complexity index is 913. The molecule has 7 heteroatoms. The molecule has 5 nitrogen and oxygen atoms in total. The maximum atomic E-state index is 12.6. The lowest BCUT2D eigenvalue weighted by molar-refractivity contribution is 0.354. The number of halogens is 1. The van der Waals surface area contributed by atoms with Gasteiger partial charge in [0.05, 0.1) is 19.1 Å². The van der Waals surface area contributed by atoms with Crippen molar-refractivity contribution >= 4 is 27.5 Å². The molecular formula is C17H14ClNO4S. The van der Waals surface area contributed by atoms with Crippen LogP contribution in [0, 0.1) is 11.3 Å². The first-order valence-corrected chi connectivity index (χ1v) is 8.63. The normalized spacial score (nSPS) is 11.7. The van der Waals surface area contributed by atoms with Crippen LogP contribution in [0.3, 0.4) is 0 Å². The van der Waals surface area contributed by atoms with E-state index in [1.54, 1.807) is 24.3 Å². The molecule has 0 atom stereocenters. The minimum absolute atomic E-state index is 0.0124. The maximum Gasteiger partial charge on any atom is 0.216 e. The van der Waals surface area contributed by atoms with E-state index in [0.29, 0.717) is 22.1 Å². The van der Waals surface area contributed by atoms with Gasteiger partial charge in [-0.15, -0.1) is 0 Å². The van der Waals surface area contributed by atoms with E-state index in [1.807, 2.05) is 0 Å². The fourth-order valence-electron chi connectivity index (χ4n) is 2.08. The molecule has 0 aromatic heterocycles. The third-order valence-electron chi connectivity index (χ3n) is 3.24. The molecule has 0 spiro atoms. The number of methoxy groups -OCH3 is 2. The first-order chi connectivity index (χ1) is 11.4. The van der Waals surface area contributed by atoms with Crippen molar-refractivity contribution in [2.75, 3.05) is 14.2 Å². The van der Waals surface area contributed by atoms with Crippen molar-refractivity contribution in [1.29, 1.82) is 5.26 Å². The summed E-state index contributed by atoms with van der Waals surface area (Å²) in [6.45, 7) is 0. The lowest BCUT2D eigenvalue weighted by atomic mass is 10.1. The Morgan fingerprint density at radius 1 is 1.12 bits per heavy atom. The molecule has 0 unspecified atom stereocenters. The highest BCUT2D eigenvalue weighted by molar-refractivity contribution is 7.95. The van der Waals surface area contributed by atoms with Crippen LogP contribution in [0.4, 0.5) is 0 Å². The predicted octanol–water partition coefficient (Wildman–Crippen LogP) is 3.70. The molecule has 0 saturated heterocycles. The van der Waals surface area contributed by atoms with Crippen molar-refractivity contribution in [3.05, 3.63) is 58.0 Å². The van der Waals surface area contributed by atoms with Crippen LogP contribution in [0.2, 0.25) is 5.02 Å². The van der Waals surface area contributed by atoms with Gasteiger partial charge in [0.2, 0.25) is 9.84 Å². The SMILES string of the molecule is COc1cccc(C=C(C#N)S(=O)(=O)c2ccc(Cl)cc2)c1OC. The molecule has 0 fully saturated rings. The van der Waals surface area contributed by atoms with Gasteiger partial charge in [-0.05, 0) is 36.4 Å². The predicted molar refractivity (Wildman–Crippen MR) is 91.8 cm³/mol. The fraction of sp³-hybridized carbons (Fsp3) is 0.118. The van der Waals surface area contributed by atoms with Gasteiger partial charge in [-0.25, -0.2) is 8.42 Å². The van der Waals surface area contributed by atoms with Crippen molar-refractivity contribution in [3.8, 4) is 17.6 Å². The summed E-state index contributed by atoms with van der Waals surface area (Å²) in [4.78, 5) is -0.419. The van der Waals surface area contributed by atoms with Crippen LogP contribution in [0.1, 0.15) is 5.56 Å². The van der Waals surface area contributed by atoms with Gasteiger partial charge < -0.3 is 9.47 Å². The summed E-state index contributed by atoms with van der Waals surface area (Å²) in [5.74, 6) is 0.784. The van der Waals surface area contributed by atoms with Crippen LogP contribution >= 0.6 is 11.6 Å². The first-order valence-electron chi connectivity index (χ1n) is 6.77. The standard InChI is InChI=1S/C17H14ClNO4S/c1-22-16-5-3-4-12(17(16)23-2)10-15(11-19)24(20,21)14-8-6-13(18)7-9-14/h3-10H,1-2H3. The topological polar surface area (TPSA) is 76.4 Å². The lowest BCUT2D eigenvalue weighted by Crippen LogP contribution is -2.03. The molecular weight excluding hydrogens is 350 g/mol. The number of allylic oxidation sites excluding steroid dienone is 1. The molecule has 0 bridgehead atoms. The first kappa shape index (κ1) is 17.9. The molecule has 0 N–H and O–H groups in total. The number of hydrogen-bond donors (Lipinski definition) is 0. The summed E-state index contributed by atoms with van der Waals surface area (Å²) in [6, 6.07) is 12.3. The molecule has 0 radical (unpaired) electrons. The largest absolute Gasteiger partial charge is 0.493 e. The molecule has 0 heterocycles. The number of benzene rings is 2. The third-order valence-corrected chi connectivity index (χ3v) is 5.18. The van der Waals surface area contributed by atoms with Crippen LogP contribution in [-0.4, -0.2) is 22.6 Å². The molecule has 24 heavy (non-hydrogen) atoms. The van der Waals surface area contributed by atoms with Gasteiger partial charge >= 0.3 is 0 Å². The van der Waals surface area contributed by atoms with Crippen molar-refractivity contribution in [2.45, 2.75) is 4.90 Å². The number of ether oxygens (including phenoxy) is 2. The summed E-state index contributed by atoms with van der Waals surface area (Å²) in [5.41, 5.74) is 0.422. The van der Waals surface area contributed by atoms with Crippen molar-refractivity contribution in [2.24, 2.45) is 0 Å². The Morgan fingerprint density at radius 2 is 1.79 bits per heavy atom. The second-order valence-electron chi connectivity index (χ2n) is 4.66. The van der Waals surface area contributed by atoms with E-state index >= 15 is 0 Å². The molecule has 0 aliphatic carbocycles. The molecule has 0 amide bonds. The van der Waals surface area contributed by atoms with Crippen LogP contribution in [0.25, 0.3) is 6.08 Å². The van der Waals surface area contributed by atoms with E-state index in [1.165, 1.54) is 44.6 Å². The molecule has 2 rings (SSSR count). The van der Waals surface area contributed by atoms with Gasteiger partial charge in [-0.3, -0.25) is 0 Å². The van der Waals surface area contributed by atoms with Gasteiger partial charge in [0.25, 0.3) is 0 Å². The van der Waals surface area contributed by atoms with E-state index in [0.717, 1.165) is 0 Å². The zero-order valence-electron chi connectivity index (χ0n) is 13.0. The zero-order chi connectivity index (χ0) is 17.7. The zero-order valence-corrected chi connectivity index (χ0v) is 14.6. The highest BCUT2D eigenvalue weighted by Gasteiger charge is 2.21. The number of sulfone groups is 1. The van der Waals surface area contributed by atoms with Crippen LogP contribution in [-0.2, 0) is 9.84 Å². The van der Waals surface area contributed by atoms with E-state index in [4.69, 9.17) is 21.1 Å². The second kappa shape index (κ2) is 7.39. The number of para-hydroxylation sites is 1. The quantitative estimate of drug-likeness (QED) is 0.757. The summed E-state index contributed by atoms with van der Waals surface area (Å²) in [5, 5.41) is 9.74. The highest BCUT2D eigenvalue weighted by atomic mass is 35.5. The number of nitrogens with zero attached hydrogens (tertiary/aromatic N) is 1. The van der Waals surface area contributed by atoms with E-state index in [9.17, 15) is 13.7 Å². The van der Waals surface area contributed by atoms with Crippen molar-refractivity contribution in [3.63, 3.8) is 0 Å². The number of rotatable bonds is 5. The minimum Gasteiger partial charge on any atom is -0.493 e. The average Bonchev–Trinajstić information content (AvgIpc) is 2.59. The monoisotopic (exact) mass is 363 g/mol. The van der Waals surface area contributed by atoms with Crippen molar-refractivity contribution in [1.82, 2.24) is 0 Å². The van der Waals surface area contributed by atoms with Gasteiger partial charge in [0.15, 0.2) is 11.5 Å². The van der Waals surface area contributed by atoms with Crippen molar-refractivity contribution < 1.29 is 17.9 Å². The molecule has 0 aliphatic heterocycles. The summed E-state index contributed by atoms with van der Waals surface area (Å²) in [6.07, 6.45) is 1.26. The summed E-state index contributed by atoms with van der Waals surface area (Å²) >= 11 is 5.77. The number of hydrogen-bond acceptors (Lipinski definition) is 5. The fourth-order valence-corrected chi connectivity index (χ4v) is 3.35. The Kier molecular flexibility index (Phi) is 5.50. The molecule has 124 valence electrons. The molecule has 2 aromatic rings. The number of nitriles is 1. The Balaban J connectivity index is 2.58. The smallest absolute Gasteiger partial charge is 0.216 e. The second-order valence-corrected chi connectivity index (χ2v) is 7.02. The highest BCUT2D eigenvalue weighted by Crippen LogP contribution is 2.33. The van der Waals surface area contributed by atoms with Gasteiger partial charge in [0.1, 0.15) is 11.0 Å². The Morgan fingerprint density at radius 3 is 2.33 bits per heavy atom.